The zero-order valence-electron chi connectivity index (χ0n) is 26.6. The maximum Gasteiger partial charge on any atom is 0.235 e. The number of hydrogen-bond donors (Lipinski definition) is 0. The summed E-state index contributed by atoms with van der Waals surface area (Å²) in [5.41, 5.74) is 9.91. The van der Waals surface area contributed by atoms with Gasteiger partial charge in [0.05, 0.1) is 27.5 Å². The highest BCUT2D eigenvalue weighted by molar-refractivity contribution is 7.20. The number of fused-ring (bicyclic) bond motifs is 11. The number of nitrogens with zero attached hydrogens (tertiary/aromatic N) is 3. The molecule has 0 saturated carbocycles. The molecule has 0 atom stereocenters. The molecular weight excluding hydrogens is 619 g/mol. The van der Waals surface area contributed by atoms with Crippen LogP contribution in [0.3, 0.4) is 0 Å². The van der Waals surface area contributed by atoms with Gasteiger partial charge in [-0.15, -0.1) is 11.3 Å². The normalized spacial score (nSPS) is 14.0. The van der Waals surface area contributed by atoms with Crippen LogP contribution < -0.4 is 10.6 Å². The predicted octanol–water partition coefficient (Wildman–Crippen LogP) is 10.3. The largest absolute Gasteiger partial charge is 0.455 e. The van der Waals surface area contributed by atoms with Gasteiger partial charge < -0.3 is 4.42 Å². The van der Waals surface area contributed by atoms with Crippen LogP contribution in [0, 0.1) is 0 Å². The number of benzene rings is 5. The Morgan fingerprint density at radius 2 is 1.53 bits per heavy atom. The number of thiophene rings is 1. The van der Waals surface area contributed by atoms with Crippen LogP contribution in [0.15, 0.2) is 114 Å². The average molecular weight is 648 g/mol. The quantitative estimate of drug-likeness (QED) is 0.192. The molecule has 2 aliphatic rings. The molecule has 0 radical (unpaired) electrons. The SMILES string of the molecule is C1=Cc2sc3c(-c4ccc5c(c4)c4c6oc7ccccc7c6ccc4n5-c4nc(-c5ccccc5)c5c(n4)=CCCC=5)cccc3c2CC1. The van der Waals surface area contributed by atoms with Crippen LogP contribution in [0.4, 0.5) is 0 Å². The van der Waals surface area contributed by atoms with Crippen molar-refractivity contribution in [3.05, 3.63) is 130 Å². The Morgan fingerprint density at radius 3 is 2.49 bits per heavy atom. The minimum Gasteiger partial charge on any atom is -0.455 e. The molecule has 5 heteroatoms. The zero-order valence-corrected chi connectivity index (χ0v) is 27.4. The lowest BCUT2D eigenvalue weighted by Gasteiger charge is -2.12. The lowest BCUT2D eigenvalue weighted by molar-refractivity contribution is 0.673. The molecule has 49 heavy (non-hydrogen) atoms. The molecule has 0 spiro atoms. The minimum absolute atomic E-state index is 0.673. The minimum atomic E-state index is 0.673. The first-order valence-corrected chi connectivity index (χ1v) is 17.9. The van der Waals surface area contributed by atoms with E-state index in [-0.39, 0.29) is 0 Å². The van der Waals surface area contributed by atoms with Gasteiger partial charge in [-0.1, -0.05) is 91.0 Å². The Morgan fingerprint density at radius 1 is 0.673 bits per heavy atom. The fourth-order valence-electron chi connectivity index (χ4n) is 8.09. The Kier molecular flexibility index (Phi) is 5.75. The molecule has 2 aliphatic carbocycles. The lowest BCUT2D eigenvalue weighted by Crippen LogP contribution is -2.34. The Hall–Kier alpha value is -5.78. The third kappa shape index (κ3) is 3.97. The van der Waals surface area contributed by atoms with Crippen molar-refractivity contribution in [2.24, 2.45) is 0 Å². The highest BCUT2D eigenvalue weighted by Gasteiger charge is 2.23. The van der Waals surface area contributed by atoms with Gasteiger partial charge >= 0.3 is 0 Å². The molecule has 0 saturated heterocycles. The monoisotopic (exact) mass is 647 g/mol. The number of aromatic nitrogens is 3. The van der Waals surface area contributed by atoms with Crippen molar-refractivity contribution in [3.63, 3.8) is 0 Å². The molecule has 4 heterocycles. The van der Waals surface area contributed by atoms with E-state index < -0.39 is 0 Å². The second-order valence-electron chi connectivity index (χ2n) is 13.1. The van der Waals surface area contributed by atoms with Crippen molar-refractivity contribution in [3.8, 4) is 28.3 Å². The average Bonchev–Trinajstić information content (AvgIpc) is 3.84. The molecule has 0 bridgehead atoms. The van der Waals surface area contributed by atoms with Crippen LogP contribution in [-0.2, 0) is 6.42 Å². The first-order chi connectivity index (χ1) is 24.3. The molecule has 5 aromatic carbocycles. The third-order valence-electron chi connectivity index (χ3n) is 10.3. The van der Waals surface area contributed by atoms with Gasteiger partial charge in [0.2, 0.25) is 5.95 Å². The summed E-state index contributed by atoms with van der Waals surface area (Å²) in [5.74, 6) is 0.673. The topological polar surface area (TPSA) is 43.9 Å². The van der Waals surface area contributed by atoms with Crippen molar-refractivity contribution in [1.82, 2.24) is 14.5 Å². The van der Waals surface area contributed by atoms with Gasteiger partial charge in [0.25, 0.3) is 0 Å². The number of hydrogen-bond acceptors (Lipinski definition) is 4. The van der Waals surface area contributed by atoms with E-state index in [1.54, 1.807) is 0 Å². The van der Waals surface area contributed by atoms with Crippen molar-refractivity contribution >= 4 is 83.4 Å². The van der Waals surface area contributed by atoms with Crippen LogP contribution in [0.2, 0.25) is 0 Å². The number of allylic oxidation sites excluding steroid dienone is 1. The van der Waals surface area contributed by atoms with E-state index in [4.69, 9.17) is 14.4 Å². The Balaban J connectivity index is 1.25. The van der Waals surface area contributed by atoms with Gasteiger partial charge in [0, 0.05) is 36.5 Å². The van der Waals surface area contributed by atoms with E-state index in [9.17, 15) is 0 Å². The molecule has 4 aromatic heterocycles. The number of rotatable bonds is 3. The van der Waals surface area contributed by atoms with Crippen LogP contribution >= 0.6 is 11.3 Å². The molecule has 0 unspecified atom stereocenters. The van der Waals surface area contributed by atoms with Crippen molar-refractivity contribution in [2.75, 3.05) is 0 Å². The summed E-state index contributed by atoms with van der Waals surface area (Å²) in [6, 6.07) is 36.9. The first kappa shape index (κ1) is 27.2. The van der Waals surface area contributed by atoms with Crippen molar-refractivity contribution < 1.29 is 4.42 Å². The smallest absolute Gasteiger partial charge is 0.235 e. The maximum atomic E-state index is 6.71. The number of furan rings is 1. The number of aryl methyl sites for hydroxylation is 1. The second-order valence-corrected chi connectivity index (χ2v) is 14.1. The van der Waals surface area contributed by atoms with Crippen LogP contribution in [0.1, 0.15) is 29.7 Å². The van der Waals surface area contributed by atoms with E-state index in [0.717, 1.165) is 91.3 Å². The lowest BCUT2D eigenvalue weighted by atomic mass is 9.97. The van der Waals surface area contributed by atoms with Crippen molar-refractivity contribution in [1.29, 1.82) is 0 Å². The van der Waals surface area contributed by atoms with E-state index >= 15 is 0 Å². The van der Waals surface area contributed by atoms with E-state index in [1.807, 2.05) is 17.4 Å². The van der Waals surface area contributed by atoms with Gasteiger partial charge in [-0.3, -0.25) is 4.57 Å². The first-order valence-electron chi connectivity index (χ1n) is 17.0. The highest BCUT2D eigenvalue weighted by Crippen LogP contribution is 2.44. The molecule has 0 N–H and O–H groups in total. The molecule has 0 amide bonds. The maximum absolute atomic E-state index is 6.71. The van der Waals surface area contributed by atoms with E-state index in [0.29, 0.717) is 5.95 Å². The van der Waals surface area contributed by atoms with Gasteiger partial charge in [0.15, 0.2) is 0 Å². The summed E-state index contributed by atoms with van der Waals surface area (Å²) < 4.78 is 10.3. The van der Waals surface area contributed by atoms with Crippen molar-refractivity contribution in [2.45, 2.75) is 25.7 Å². The van der Waals surface area contributed by atoms with Crippen LogP contribution in [-0.4, -0.2) is 14.5 Å². The van der Waals surface area contributed by atoms with Gasteiger partial charge in [-0.25, -0.2) is 9.97 Å². The summed E-state index contributed by atoms with van der Waals surface area (Å²) in [6.07, 6.45) is 13.3. The standard InChI is InChI=1S/C44H29N3OS/c1-2-11-26(12-3-1)41-33-15-4-7-18-35(33)45-44(46-41)47-36-23-21-27(28-16-10-17-32-30-14-6-9-20-39(30)49-43(28)32)25-34(36)40-37(47)24-22-31-29-13-5-8-19-38(29)48-42(31)40/h1-3,5,8-13,15-25H,4,6-7,14H2. The molecule has 232 valence electrons. The second kappa shape index (κ2) is 10.4. The Bertz CT molecular complexity index is 3000. The third-order valence-corrected chi connectivity index (χ3v) is 11.6. The zero-order chi connectivity index (χ0) is 32.1. The number of para-hydroxylation sites is 1. The van der Waals surface area contributed by atoms with Crippen LogP contribution in [0.25, 0.3) is 100 Å². The van der Waals surface area contributed by atoms with Crippen LogP contribution in [0.5, 0.6) is 0 Å². The van der Waals surface area contributed by atoms with E-state index in [2.05, 4.69) is 126 Å². The summed E-state index contributed by atoms with van der Waals surface area (Å²) in [5, 5.41) is 7.96. The fraction of sp³-hybridized carbons (Fsp3) is 0.0909. The fourth-order valence-corrected chi connectivity index (χ4v) is 9.41. The highest BCUT2D eigenvalue weighted by atomic mass is 32.1. The summed E-state index contributed by atoms with van der Waals surface area (Å²) in [7, 11) is 0. The molecule has 9 aromatic rings. The Labute approximate surface area is 285 Å². The summed E-state index contributed by atoms with van der Waals surface area (Å²) >= 11 is 1.91. The van der Waals surface area contributed by atoms with Gasteiger partial charge in [0.1, 0.15) is 11.2 Å². The molecular formula is C44H29N3OS. The van der Waals surface area contributed by atoms with E-state index in [1.165, 1.54) is 31.7 Å². The molecule has 4 nitrogen and oxygen atoms in total. The summed E-state index contributed by atoms with van der Waals surface area (Å²) in [6.45, 7) is 0. The molecule has 11 rings (SSSR count). The predicted molar refractivity (Wildman–Crippen MR) is 205 cm³/mol. The van der Waals surface area contributed by atoms with Gasteiger partial charge in [-0.2, -0.15) is 0 Å². The summed E-state index contributed by atoms with van der Waals surface area (Å²) in [4.78, 5) is 12.0. The molecule has 0 fully saturated rings. The molecule has 0 aliphatic heterocycles. The van der Waals surface area contributed by atoms with Gasteiger partial charge in [-0.05, 0) is 84.2 Å².